The Hall–Kier alpha value is -2.31. The van der Waals surface area contributed by atoms with Crippen LogP contribution in [0.4, 0.5) is 17.1 Å². The van der Waals surface area contributed by atoms with Crippen molar-refractivity contribution in [2.45, 2.75) is 33.2 Å². The summed E-state index contributed by atoms with van der Waals surface area (Å²) in [5, 5.41) is 17.0. The Morgan fingerprint density at radius 2 is 2.00 bits per heavy atom. The SMILES string of the molecule is CCCNc1cc(NC(C)C(=O)OCC)cc([N+](=O)[O-])c1. The summed E-state index contributed by atoms with van der Waals surface area (Å²) in [6.45, 7) is 6.39. The number of nitro benzene ring substituents is 1. The number of nitro groups is 1. The summed E-state index contributed by atoms with van der Waals surface area (Å²) in [7, 11) is 0. The molecule has 0 aliphatic rings. The van der Waals surface area contributed by atoms with Crippen LogP contribution in [0, 0.1) is 10.1 Å². The minimum Gasteiger partial charge on any atom is -0.464 e. The van der Waals surface area contributed by atoms with Crippen molar-refractivity contribution in [3.05, 3.63) is 28.3 Å². The van der Waals surface area contributed by atoms with Gasteiger partial charge >= 0.3 is 5.97 Å². The zero-order valence-corrected chi connectivity index (χ0v) is 12.5. The first-order chi connectivity index (χ1) is 9.97. The van der Waals surface area contributed by atoms with Crippen LogP contribution >= 0.6 is 0 Å². The van der Waals surface area contributed by atoms with Crippen molar-refractivity contribution in [3.63, 3.8) is 0 Å². The first kappa shape index (κ1) is 16.7. The molecule has 1 atom stereocenters. The van der Waals surface area contributed by atoms with Crippen molar-refractivity contribution in [3.8, 4) is 0 Å². The standard InChI is InChI=1S/C14H21N3O4/c1-4-6-15-11-7-12(9-13(8-11)17(19)20)16-10(3)14(18)21-5-2/h7-10,15-16H,4-6H2,1-3H3. The molecule has 1 rings (SSSR count). The second kappa shape index (κ2) is 8.08. The van der Waals surface area contributed by atoms with Gasteiger partial charge in [0.1, 0.15) is 6.04 Å². The lowest BCUT2D eigenvalue weighted by Crippen LogP contribution is -2.28. The summed E-state index contributed by atoms with van der Waals surface area (Å²) >= 11 is 0. The zero-order chi connectivity index (χ0) is 15.8. The van der Waals surface area contributed by atoms with E-state index in [0.717, 1.165) is 6.42 Å². The number of nitrogens with zero attached hydrogens (tertiary/aromatic N) is 1. The van der Waals surface area contributed by atoms with Crippen LogP contribution < -0.4 is 10.6 Å². The Bertz CT molecular complexity index is 505. The molecule has 0 heterocycles. The molecule has 1 aromatic carbocycles. The van der Waals surface area contributed by atoms with Gasteiger partial charge in [-0.2, -0.15) is 0 Å². The second-order valence-corrected chi connectivity index (χ2v) is 4.57. The Morgan fingerprint density at radius 1 is 1.33 bits per heavy atom. The number of hydrogen-bond donors (Lipinski definition) is 2. The fourth-order valence-corrected chi connectivity index (χ4v) is 1.75. The Balaban J connectivity index is 2.91. The number of rotatable bonds is 8. The maximum Gasteiger partial charge on any atom is 0.328 e. The third-order valence-electron chi connectivity index (χ3n) is 2.73. The highest BCUT2D eigenvalue weighted by molar-refractivity contribution is 5.79. The summed E-state index contributed by atoms with van der Waals surface area (Å²) in [5.74, 6) is -0.396. The molecule has 0 aromatic heterocycles. The molecule has 0 bridgehead atoms. The summed E-state index contributed by atoms with van der Waals surface area (Å²) in [6.07, 6.45) is 0.907. The maximum absolute atomic E-state index is 11.6. The highest BCUT2D eigenvalue weighted by Crippen LogP contribution is 2.25. The highest BCUT2D eigenvalue weighted by atomic mass is 16.6. The Kier molecular flexibility index (Phi) is 6.45. The van der Waals surface area contributed by atoms with E-state index in [-0.39, 0.29) is 5.69 Å². The lowest BCUT2D eigenvalue weighted by atomic mass is 10.2. The number of benzene rings is 1. The van der Waals surface area contributed by atoms with Gasteiger partial charge < -0.3 is 15.4 Å². The van der Waals surface area contributed by atoms with Crippen molar-refractivity contribution in [2.75, 3.05) is 23.8 Å². The zero-order valence-electron chi connectivity index (χ0n) is 12.5. The lowest BCUT2D eigenvalue weighted by Gasteiger charge is -2.15. The molecule has 21 heavy (non-hydrogen) atoms. The van der Waals surface area contributed by atoms with E-state index in [9.17, 15) is 14.9 Å². The average Bonchev–Trinajstić information content (AvgIpc) is 2.45. The monoisotopic (exact) mass is 295 g/mol. The van der Waals surface area contributed by atoms with E-state index in [4.69, 9.17) is 4.74 Å². The number of anilines is 2. The van der Waals surface area contributed by atoms with Gasteiger partial charge in [0.15, 0.2) is 0 Å². The molecule has 0 saturated heterocycles. The Labute approximate surface area is 123 Å². The minimum atomic E-state index is -0.578. The van der Waals surface area contributed by atoms with Gasteiger partial charge in [0.2, 0.25) is 0 Å². The normalized spacial score (nSPS) is 11.6. The molecule has 2 N–H and O–H groups in total. The molecule has 0 aliphatic carbocycles. The van der Waals surface area contributed by atoms with Crippen molar-refractivity contribution in [1.29, 1.82) is 0 Å². The predicted molar refractivity (Wildman–Crippen MR) is 81.6 cm³/mol. The van der Waals surface area contributed by atoms with Crippen LogP contribution in [0.5, 0.6) is 0 Å². The van der Waals surface area contributed by atoms with Gasteiger partial charge in [0.05, 0.1) is 11.5 Å². The number of hydrogen-bond acceptors (Lipinski definition) is 6. The number of carbonyl (C=O) groups excluding carboxylic acids is 1. The van der Waals surface area contributed by atoms with E-state index in [1.165, 1.54) is 12.1 Å². The van der Waals surface area contributed by atoms with Gasteiger partial charge in [-0.25, -0.2) is 4.79 Å². The van der Waals surface area contributed by atoms with Gasteiger partial charge in [0.25, 0.3) is 5.69 Å². The number of esters is 1. The van der Waals surface area contributed by atoms with Gasteiger partial charge in [-0.15, -0.1) is 0 Å². The topological polar surface area (TPSA) is 93.5 Å². The third-order valence-corrected chi connectivity index (χ3v) is 2.73. The number of carbonyl (C=O) groups is 1. The predicted octanol–water partition coefficient (Wildman–Crippen LogP) is 2.78. The highest BCUT2D eigenvalue weighted by Gasteiger charge is 2.16. The van der Waals surface area contributed by atoms with E-state index in [2.05, 4.69) is 10.6 Å². The van der Waals surface area contributed by atoms with Gasteiger partial charge in [-0.3, -0.25) is 10.1 Å². The number of ether oxygens (including phenoxy) is 1. The van der Waals surface area contributed by atoms with E-state index >= 15 is 0 Å². The van der Waals surface area contributed by atoms with E-state index < -0.39 is 16.9 Å². The first-order valence-corrected chi connectivity index (χ1v) is 6.94. The third kappa shape index (κ3) is 5.29. The fourth-order valence-electron chi connectivity index (χ4n) is 1.75. The molecule has 7 nitrogen and oxygen atoms in total. The molecule has 0 amide bonds. The Morgan fingerprint density at radius 3 is 2.57 bits per heavy atom. The van der Waals surface area contributed by atoms with Crippen molar-refractivity contribution < 1.29 is 14.5 Å². The second-order valence-electron chi connectivity index (χ2n) is 4.57. The van der Waals surface area contributed by atoms with Crippen molar-refractivity contribution in [1.82, 2.24) is 0 Å². The lowest BCUT2D eigenvalue weighted by molar-refractivity contribution is -0.384. The number of nitrogens with one attached hydrogen (secondary N) is 2. The molecule has 7 heteroatoms. The molecule has 0 saturated carbocycles. The van der Waals surface area contributed by atoms with Crippen LogP contribution in [0.1, 0.15) is 27.2 Å². The van der Waals surface area contributed by atoms with Crippen molar-refractivity contribution >= 4 is 23.0 Å². The summed E-state index contributed by atoms with van der Waals surface area (Å²) in [6, 6.07) is 4.02. The average molecular weight is 295 g/mol. The molecule has 0 fully saturated rings. The van der Waals surface area contributed by atoms with E-state index in [1.807, 2.05) is 6.92 Å². The molecule has 0 spiro atoms. The smallest absolute Gasteiger partial charge is 0.328 e. The quantitative estimate of drug-likeness (QED) is 0.435. The number of non-ortho nitro benzene ring substituents is 1. The molecule has 1 aromatic rings. The maximum atomic E-state index is 11.6. The van der Waals surface area contributed by atoms with E-state index in [0.29, 0.717) is 24.5 Å². The molecular formula is C14H21N3O4. The van der Waals surface area contributed by atoms with E-state index in [1.54, 1.807) is 19.9 Å². The van der Waals surface area contributed by atoms with Crippen LogP contribution in [-0.4, -0.2) is 30.1 Å². The van der Waals surface area contributed by atoms with Crippen LogP contribution in [0.2, 0.25) is 0 Å². The van der Waals surface area contributed by atoms with Gasteiger partial charge in [0, 0.05) is 30.1 Å². The molecular weight excluding hydrogens is 274 g/mol. The van der Waals surface area contributed by atoms with Gasteiger partial charge in [-0.1, -0.05) is 6.92 Å². The summed E-state index contributed by atoms with van der Waals surface area (Å²) in [5.41, 5.74) is 1.11. The van der Waals surface area contributed by atoms with Crippen LogP contribution in [0.25, 0.3) is 0 Å². The van der Waals surface area contributed by atoms with Crippen molar-refractivity contribution in [2.24, 2.45) is 0 Å². The fraction of sp³-hybridized carbons (Fsp3) is 0.500. The van der Waals surface area contributed by atoms with Gasteiger partial charge in [-0.05, 0) is 26.3 Å². The van der Waals surface area contributed by atoms with Crippen LogP contribution in [0.3, 0.4) is 0 Å². The largest absolute Gasteiger partial charge is 0.464 e. The summed E-state index contributed by atoms with van der Waals surface area (Å²) < 4.78 is 4.90. The summed E-state index contributed by atoms with van der Waals surface area (Å²) in [4.78, 5) is 22.1. The first-order valence-electron chi connectivity index (χ1n) is 6.94. The van der Waals surface area contributed by atoms with Crippen LogP contribution in [0.15, 0.2) is 18.2 Å². The molecule has 116 valence electrons. The van der Waals surface area contributed by atoms with Crippen LogP contribution in [-0.2, 0) is 9.53 Å². The molecule has 1 unspecified atom stereocenters. The molecule has 0 aliphatic heterocycles. The minimum absolute atomic E-state index is 0.0327. The molecule has 0 radical (unpaired) electrons.